The van der Waals surface area contributed by atoms with Gasteiger partial charge in [0.05, 0.1) is 11.1 Å². The third-order valence-corrected chi connectivity index (χ3v) is 7.28. The zero-order valence-electron chi connectivity index (χ0n) is 19.8. The van der Waals surface area contributed by atoms with E-state index in [-0.39, 0.29) is 53.5 Å². The number of carbonyl (C=O) groups is 4. The number of amides is 2. The van der Waals surface area contributed by atoms with Crippen molar-refractivity contribution in [1.29, 1.82) is 0 Å². The summed E-state index contributed by atoms with van der Waals surface area (Å²) in [7, 11) is 0. The Balaban J connectivity index is 1.58. The van der Waals surface area contributed by atoms with E-state index in [0.29, 0.717) is 53.4 Å². The molecular weight excluding hydrogens is 485 g/mol. The minimum atomic E-state index is -0.644. The molecule has 3 aliphatic heterocycles. The smallest absolute Gasteiger partial charge is 0.251 e. The number of carbonyl (C=O) groups excluding carboxylic acids is 4. The first-order valence-corrected chi connectivity index (χ1v) is 12.3. The number of nitrogens with zero attached hydrogens (tertiary/aromatic N) is 2. The third-order valence-electron chi connectivity index (χ3n) is 7.00. The summed E-state index contributed by atoms with van der Waals surface area (Å²) in [6.45, 7) is 2.09. The van der Waals surface area contributed by atoms with Gasteiger partial charge in [0.25, 0.3) is 5.91 Å². The van der Waals surface area contributed by atoms with Crippen LogP contribution in [0.5, 0.6) is 0 Å². The van der Waals surface area contributed by atoms with E-state index in [9.17, 15) is 23.6 Å². The molecule has 0 spiro atoms. The number of nitrogens with one attached hydrogen (secondary N) is 1. The molecule has 9 heteroatoms. The van der Waals surface area contributed by atoms with E-state index in [2.05, 4.69) is 5.32 Å². The third kappa shape index (κ3) is 4.41. The standard InChI is InChI=1S/C27H25ClFN3O4/c1-15(33)20-13-31-14-25(35)32-8-2-3-23(32)24(34)12-18-9-16(10-21(28)26(18)29)6-7-30-27(36)17-4-5-22(31)19(20)11-17/h4-5,9-11,13,23H,2-3,6-8,12,14H2,1H3,(H,30,36)/t23-/m0/s1. The Hall–Kier alpha value is -3.52. The fourth-order valence-corrected chi connectivity index (χ4v) is 5.46. The molecule has 0 aliphatic carbocycles. The van der Waals surface area contributed by atoms with Crippen molar-refractivity contribution in [2.45, 2.75) is 45.2 Å². The van der Waals surface area contributed by atoms with Gasteiger partial charge in [-0.05, 0) is 61.6 Å². The SMILES string of the molecule is CC(=O)c1cn2c3ccc(cc13)C(=O)NCCc1cc(Cl)c(F)c(c1)CC(=O)[C@@H]1CCCN1C(=O)C2. The van der Waals surface area contributed by atoms with Gasteiger partial charge in [-0.3, -0.25) is 19.2 Å². The zero-order chi connectivity index (χ0) is 25.6. The number of hydrogen-bond donors (Lipinski definition) is 1. The van der Waals surface area contributed by atoms with Crippen LogP contribution < -0.4 is 5.32 Å². The van der Waals surface area contributed by atoms with E-state index in [1.54, 1.807) is 39.9 Å². The van der Waals surface area contributed by atoms with Gasteiger partial charge in [0.2, 0.25) is 5.91 Å². The average Bonchev–Trinajstić information content (AvgIpc) is 3.47. The first-order chi connectivity index (χ1) is 17.2. The Morgan fingerprint density at radius 1 is 1.17 bits per heavy atom. The maximum Gasteiger partial charge on any atom is 0.251 e. The van der Waals surface area contributed by atoms with Gasteiger partial charge in [0.15, 0.2) is 11.6 Å². The van der Waals surface area contributed by atoms with Gasteiger partial charge in [-0.15, -0.1) is 0 Å². The van der Waals surface area contributed by atoms with Crippen LogP contribution >= 0.6 is 11.6 Å². The number of aromatic nitrogens is 1. The lowest BCUT2D eigenvalue weighted by molar-refractivity contribution is -0.137. The maximum atomic E-state index is 14.8. The first kappa shape index (κ1) is 24.2. The summed E-state index contributed by atoms with van der Waals surface area (Å²) in [4.78, 5) is 53.2. The molecule has 0 unspecified atom stereocenters. The summed E-state index contributed by atoms with van der Waals surface area (Å²) in [5.74, 6) is -1.64. The van der Waals surface area contributed by atoms with Crippen molar-refractivity contribution >= 4 is 45.9 Å². The van der Waals surface area contributed by atoms with Gasteiger partial charge >= 0.3 is 0 Å². The summed E-state index contributed by atoms with van der Waals surface area (Å²) in [5, 5.41) is 3.35. The molecule has 1 N–H and O–H groups in total. The van der Waals surface area contributed by atoms with Gasteiger partial charge < -0.3 is 14.8 Å². The average molecular weight is 510 g/mol. The highest BCUT2D eigenvalue weighted by Gasteiger charge is 2.34. The van der Waals surface area contributed by atoms with Crippen LogP contribution in [0.3, 0.4) is 0 Å². The first-order valence-electron chi connectivity index (χ1n) is 11.9. The molecule has 36 heavy (non-hydrogen) atoms. The monoisotopic (exact) mass is 509 g/mol. The number of fused-ring (bicyclic) bond motifs is 6. The molecule has 7 nitrogen and oxygen atoms in total. The molecular formula is C27H25ClFN3O4. The van der Waals surface area contributed by atoms with Crippen molar-refractivity contribution in [1.82, 2.24) is 14.8 Å². The van der Waals surface area contributed by atoms with E-state index in [0.717, 1.165) is 0 Å². The number of rotatable bonds is 1. The summed E-state index contributed by atoms with van der Waals surface area (Å²) in [6.07, 6.45) is 3.02. The van der Waals surface area contributed by atoms with Crippen molar-refractivity contribution in [2.24, 2.45) is 0 Å². The van der Waals surface area contributed by atoms with Crippen LogP contribution in [0, 0.1) is 5.82 Å². The molecule has 6 rings (SSSR count). The molecule has 186 valence electrons. The van der Waals surface area contributed by atoms with Crippen molar-refractivity contribution < 1.29 is 23.6 Å². The predicted octanol–water partition coefficient (Wildman–Crippen LogP) is 3.73. The number of ketones is 2. The van der Waals surface area contributed by atoms with E-state index in [4.69, 9.17) is 11.6 Å². The second-order valence-electron chi connectivity index (χ2n) is 9.40. The summed E-state index contributed by atoms with van der Waals surface area (Å²) in [6, 6.07) is 7.49. The van der Waals surface area contributed by atoms with Gasteiger partial charge in [0, 0.05) is 47.7 Å². The topological polar surface area (TPSA) is 88.5 Å². The molecule has 0 saturated carbocycles. The van der Waals surface area contributed by atoms with Crippen LogP contribution in [-0.4, -0.2) is 52.0 Å². The number of halogens is 2. The minimum absolute atomic E-state index is 0.0607. The molecule has 1 aromatic heterocycles. The Morgan fingerprint density at radius 3 is 2.75 bits per heavy atom. The number of Topliss-reactive ketones (excluding diaryl/α,β-unsaturated/α-hetero) is 2. The highest BCUT2D eigenvalue weighted by molar-refractivity contribution is 6.30. The lowest BCUT2D eigenvalue weighted by Gasteiger charge is -2.24. The van der Waals surface area contributed by atoms with Crippen LogP contribution in [0.25, 0.3) is 10.9 Å². The normalized spacial score (nSPS) is 18.9. The van der Waals surface area contributed by atoms with Crippen molar-refractivity contribution in [3.63, 3.8) is 0 Å². The molecule has 1 saturated heterocycles. The van der Waals surface area contributed by atoms with Crippen molar-refractivity contribution in [2.75, 3.05) is 13.1 Å². The van der Waals surface area contributed by atoms with Gasteiger partial charge in [-0.2, -0.15) is 0 Å². The van der Waals surface area contributed by atoms with E-state index >= 15 is 0 Å². The van der Waals surface area contributed by atoms with Crippen LogP contribution in [0.2, 0.25) is 5.02 Å². The molecule has 3 aliphatic rings. The van der Waals surface area contributed by atoms with Crippen LogP contribution in [0.4, 0.5) is 4.39 Å². The molecule has 0 radical (unpaired) electrons. The van der Waals surface area contributed by atoms with E-state index < -0.39 is 11.9 Å². The Labute approximate surface area is 212 Å². The second-order valence-corrected chi connectivity index (χ2v) is 9.81. The number of hydrogen-bond acceptors (Lipinski definition) is 4. The van der Waals surface area contributed by atoms with Crippen LogP contribution in [-0.2, 0) is 29.0 Å². The lowest BCUT2D eigenvalue weighted by atomic mass is 9.98. The van der Waals surface area contributed by atoms with E-state index in [1.807, 2.05) is 0 Å². The van der Waals surface area contributed by atoms with Gasteiger partial charge in [-0.25, -0.2) is 4.39 Å². The van der Waals surface area contributed by atoms with Crippen molar-refractivity contribution in [3.8, 4) is 0 Å². The number of benzene rings is 2. The predicted molar refractivity (Wildman–Crippen MR) is 133 cm³/mol. The van der Waals surface area contributed by atoms with Gasteiger partial charge in [-0.1, -0.05) is 17.7 Å². The highest BCUT2D eigenvalue weighted by Crippen LogP contribution is 2.27. The molecule has 2 amide bonds. The molecule has 1 atom stereocenters. The molecule has 1 fully saturated rings. The lowest BCUT2D eigenvalue weighted by Crippen LogP contribution is -2.42. The molecule has 4 heterocycles. The van der Waals surface area contributed by atoms with Gasteiger partial charge in [0.1, 0.15) is 12.4 Å². The maximum absolute atomic E-state index is 14.8. The Bertz CT molecular complexity index is 1430. The summed E-state index contributed by atoms with van der Waals surface area (Å²) >= 11 is 6.11. The summed E-state index contributed by atoms with van der Waals surface area (Å²) < 4.78 is 16.5. The van der Waals surface area contributed by atoms with Crippen LogP contribution in [0.1, 0.15) is 51.6 Å². The molecule has 6 bridgehead atoms. The molecule has 3 aromatic rings. The summed E-state index contributed by atoms with van der Waals surface area (Å²) in [5.41, 5.74) is 2.33. The van der Waals surface area contributed by atoms with Crippen molar-refractivity contribution in [3.05, 3.63) is 69.6 Å². The fraction of sp³-hybridized carbons (Fsp3) is 0.333. The minimum Gasteiger partial charge on any atom is -0.352 e. The molecule has 2 aromatic carbocycles. The highest BCUT2D eigenvalue weighted by atomic mass is 35.5. The Kier molecular flexibility index (Phi) is 6.38. The fourth-order valence-electron chi connectivity index (χ4n) is 5.20. The second kappa shape index (κ2) is 9.50. The quantitative estimate of drug-likeness (QED) is 0.506. The van der Waals surface area contributed by atoms with E-state index in [1.165, 1.54) is 13.0 Å². The van der Waals surface area contributed by atoms with Crippen LogP contribution in [0.15, 0.2) is 36.5 Å². The zero-order valence-corrected chi connectivity index (χ0v) is 20.5. The Morgan fingerprint density at radius 2 is 1.97 bits per heavy atom. The largest absolute Gasteiger partial charge is 0.352 e.